The van der Waals surface area contributed by atoms with Crippen LogP contribution < -0.4 is 0 Å². The molecule has 0 aliphatic heterocycles. The van der Waals surface area contributed by atoms with Crippen LogP contribution in [0.1, 0.15) is 5.56 Å². The van der Waals surface area contributed by atoms with E-state index in [1.165, 1.54) is 26.4 Å². The first-order valence-corrected chi connectivity index (χ1v) is 5.55. The van der Waals surface area contributed by atoms with E-state index < -0.39 is 12.4 Å². The van der Waals surface area contributed by atoms with E-state index in [1.54, 1.807) is 6.07 Å². The third kappa shape index (κ3) is 3.52. The van der Waals surface area contributed by atoms with Gasteiger partial charge in [-0.1, -0.05) is 22.0 Å². The first kappa shape index (κ1) is 13.6. The topological polar surface area (TPSA) is 38.7 Å². The van der Waals surface area contributed by atoms with Gasteiger partial charge in [-0.2, -0.15) is 0 Å². The summed E-state index contributed by atoms with van der Waals surface area (Å²) in [5.74, 6) is -0.319. The van der Waals surface area contributed by atoms with Crippen LogP contribution >= 0.6 is 15.9 Å². The second-order valence-electron chi connectivity index (χ2n) is 3.35. The molecule has 1 rings (SSSR count). The molecule has 0 spiro atoms. The SMILES string of the molecule is COC(OC)C(O)Cc1ccc(F)cc1Br. The highest BCUT2D eigenvalue weighted by molar-refractivity contribution is 9.10. The van der Waals surface area contributed by atoms with Crippen molar-refractivity contribution in [2.75, 3.05) is 14.2 Å². The van der Waals surface area contributed by atoms with Gasteiger partial charge in [0.25, 0.3) is 0 Å². The lowest BCUT2D eigenvalue weighted by Gasteiger charge is -2.20. The van der Waals surface area contributed by atoms with Crippen LogP contribution in [0.15, 0.2) is 22.7 Å². The molecule has 0 radical (unpaired) electrons. The molecule has 90 valence electrons. The molecule has 5 heteroatoms. The fourth-order valence-corrected chi connectivity index (χ4v) is 1.93. The molecule has 0 fully saturated rings. The molecular weight excluding hydrogens is 279 g/mol. The Morgan fingerprint density at radius 1 is 1.38 bits per heavy atom. The predicted octanol–water partition coefficient (Wildman–Crippen LogP) is 2.11. The van der Waals surface area contributed by atoms with E-state index in [4.69, 9.17) is 9.47 Å². The van der Waals surface area contributed by atoms with Gasteiger partial charge in [0, 0.05) is 25.1 Å². The van der Waals surface area contributed by atoms with E-state index in [9.17, 15) is 9.50 Å². The summed E-state index contributed by atoms with van der Waals surface area (Å²) in [5.41, 5.74) is 0.799. The van der Waals surface area contributed by atoms with E-state index in [0.717, 1.165) is 5.56 Å². The molecule has 0 amide bonds. The summed E-state index contributed by atoms with van der Waals surface area (Å²) in [6, 6.07) is 4.32. The Morgan fingerprint density at radius 3 is 2.50 bits per heavy atom. The van der Waals surface area contributed by atoms with Crippen molar-refractivity contribution in [1.82, 2.24) is 0 Å². The van der Waals surface area contributed by atoms with Crippen LogP contribution in [0.2, 0.25) is 0 Å². The van der Waals surface area contributed by atoms with Crippen LogP contribution in [0.25, 0.3) is 0 Å². The Morgan fingerprint density at radius 2 is 2.00 bits per heavy atom. The smallest absolute Gasteiger partial charge is 0.183 e. The average Bonchev–Trinajstić information content (AvgIpc) is 2.24. The summed E-state index contributed by atoms with van der Waals surface area (Å²) in [6.45, 7) is 0. The van der Waals surface area contributed by atoms with Crippen LogP contribution in [0.4, 0.5) is 4.39 Å². The van der Waals surface area contributed by atoms with Gasteiger partial charge in [-0.3, -0.25) is 0 Å². The van der Waals surface area contributed by atoms with Crippen molar-refractivity contribution < 1.29 is 19.0 Å². The van der Waals surface area contributed by atoms with Gasteiger partial charge in [0.1, 0.15) is 11.9 Å². The van der Waals surface area contributed by atoms with Crippen molar-refractivity contribution in [1.29, 1.82) is 0 Å². The van der Waals surface area contributed by atoms with Gasteiger partial charge >= 0.3 is 0 Å². The second kappa shape index (κ2) is 6.30. The number of ether oxygens (including phenoxy) is 2. The number of aliphatic hydroxyl groups excluding tert-OH is 1. The minimum absolute atomic E-state index is 0.319. The van der Waals surface area contributed by atoms with Crippen molar-refractivity contribution in [3.05, 3.63) is 34.1 Å². The highest BCUT2D eigenvalue weighted by Crippen LogP contribution is 2.20. The van der Waals surface area contributed by atoms with Crippen LogP contribution in [0.3, 0.4) is 0 Å². The number of aliphatic hydroxyl groups is 1. The van der Waals surface area contributed by atoms with Gasteiger partial charge in [-0.05, 0) is 17.7 Å². The summed E-state index contributed by atoms with van der Waals surface area (Å²) in [4.78, 5) is 0. The van der Waals surface area contributed by atoms with Crippen LogP contribution in [-0.4, -0.2) is 31.7 Å². The molecule has 0 saturated heterocycles. The minimum Gasteiger partial charge on any atom is -0.387 e. The van der Waals surface area contributed by atoms with E-state index >= 15 is 0 Å². The largest absolute Gasteiger partial charge is 0.387 e. The summed E-state index contributed by atoms with van der Waals surface area (Å²) in [5, 5.41) is 9.79. The Hall–Kier alpha value is -0.490. The highest BCUT2D eigenvalue weighted by Gasteiger charge is 2.19. The molecular formula is C11H14BrFO3. The van der Waals surface area contributed by atoms with Crippen molar-refractivity contribution in [3.63, 3.8) is 0 Å². The third-order valence-electron chi connectivity index (χ3n) is 2.22. The van der Waals surface area contributed by atoms with E-state index in [0.29, 0.717) is 10.9 Å². The third-order valence-corrected chi connectivity index (χ3v) is 2.96. The van der Waals surface area contributed by atoms with Gasteiger partial charge < -0.3 is 14.6 Å². The molecule has 0 aliphatic rings. The first-order valence-electron chi connectivity index (χ1n) is 4.76. The molecule has 0 aliphatic carbocycles. The van der Waals surface area contributed by atoms with Crippen molar-refractivity contribution in [2.24, 2.45) is 0 Å². The van der Waals surface area contributed by atoms with Crippen molar-refractivity contribution in [3.8, 4) is 0 Å². The number of rotatable bonds is 5. The summed E-state index contributed by atoms with van der Waals surface area (Å²) in [6.07, 6.45) is -1.15. The predicted molar refractivity (Wildman–Crippen MR) is 61.6 cm³/mol. The summed E-state index contributed by atoms with van der Waals surface area (Å²) >= 11 is 3.24. The summed E-state index contributed by atoms with van der Waals surface area (Å²) in [7, 11) is 2.91. The molecule has 1 N–H and O–H groups in total. The molecule has 0 aromatic heterocycles. The number of hydrogen-bond donors (Lipinski definition) is 1. The lowest BCUT2D eigenvalue weighted by molar-refractivity contribution is -0.163. The molecule has 1 atom stereocenters. The Balaban J connectivity index is 2.72. The van der Waals surface area contributed by atoms with E-state index in [-0.39, 0.29) is 5.82 Å². The molecule has 16 heavy (non-hydrogen) atoms. The normalized spacial score (nSPS) is 13.1. The lowest BCUT2D eigenvalue weighted by Crippen LogP contribution is -2.31. The molecule has 1 aromatic rings. The molecule has 1 unspecified atom stereocenters. The van der Waals surface area contributed by atoms with Crippen molar-refractivity contribution in [2.45, 2.75) is 18.8 Å². The van der Waals surface area contributed by atoms with Crippen LogP contribution in [0.5, 0.6) is 0 Å². The quantitative estimate of drug-likeness (QED) is 0.845. The zero-order valence-corrected chi connectivity index (χ0v) is 10.7. The lowest BCUT2D eigenvalue weighted by atomic mass is 10.1. The molecule has 0 bridgehead atoms. The number of hydrogen-bond acceptors (Lipinski definition) is 3. The number of methoxy groups -OCH3 is 2. The molecule has 1 aromatic carbocycles. The number of benzene rings is 1. The van der Waals surface area contributed by atoms with Crippen molar-refractivity contribution >= 4 is 15.9 Å². The highest BCUT2D eigenvalue weighted by atomic mass is 79.9. The maximum Gasteiger partial charge on any atom is 0.183 e. The number of halogens is 2. The molecule has 0 heterocycles. The Kier molecular flexibility index (Phi) is 5.34. The van der Waals surface area contributed by atoms with Gasteiger partial charge in [0.2, 0.25) is 0 Å². The van der Waals surface area contributed by atoms with Gasteiger partial charge in [-0.25, -0.2) is 4.39 Å². The fraction of sp³-hybridized carbons (Fsp3) is 0.455. The van der Waals surface area contributed by atoms with Gasteiger partial charge in [-0.15, -0.1) is 0 Å². The minimum atomic E-state index is -0.795. The zero-order chi connectivity index (χ0) is 12.1. The van der Waals surface area contributed by atoms with Crippen LogP contribution in [0, 0.1) is 5.82 Å². The van der Waals surface area contributed by atoms with E-state index in [2.05, 4.69) is 15.9 Å². The average molecular weight is 293 g/mol. The summed E-state index contributed by atoms with van der Waals surface area (Å²) < 4.78 is 23.3. The van der Waals surface area contributed by atoms with Crippen LogP contribution in [-0.2, 0) is 15.9 Å². The standard InChI is InChI=1S/C11H14BrFO3/c1-15-11(16-2)10(14)5-7-3-4-8(13)6-9(7)12/h3-4,6,10-11,14H,5H2,1-2H3. The Bertz CT molecular complexity index is 342. The van der Waals surface area contributed by atoms with E-state index in [1.807, 2.05) is 0 Å². The van der Waals surface area contributed by atoms with Gasteiger partial charge in [0.15, 0.2) is 6.29 Å². The van der Waals surface area contributed by atoms with Gasteiger partial charge in [0.05, 0.1) is 0 Å². The zero-order valence-electron chi connectivity index (χ0n) is 9.11. The molecule has 0 saturated carbocycles. The maximum atomic E-state index is 12.8. The fourth-order valence-electron chi connectivity index (χ4n) is 1.42. The second-order valence-corrected chi connectivity index (χ2v) is 4.20. The Labute approximate surface area is 102 Å². The first-order chi connectivity index (χ1) is 7.58. The maximum absolute atomic E-state index is 12.8. The molecule has 3 nitrogen and oxygen atoms in total. The monoisotopic (exact) mass is 292 g/mol.